The zero-order valence-electron chi connectivity index (χ0n) is 23.3. The normalized spacial score (nSPS) is 20.8. The molecule has 0 amide bonds. The summed E-state index contributed by atoms with van der Waals surface area (Å²) in [4.78, 5) is 0. The van der Waals surface area contributed by atoms with Crippen molar-refractivity contribution in [2.75, 3.05) is 13.2 Å². The lowest BCUT2D eigenvalue weighted by molar-refractivity contribution is -0.185. The van der Waals surface area contributed by atoms with Gasteiger partial charge in [-0.2, -0.15) is 0 Å². The minimum atomic E-state index is -0.504. The first-order valence-corrected chi connectivity index (χ1v) is 14.5. The molecule has 1 heterocycles. The van der Waals surface area contributed by atoms with Gasteiger partial charge in [-0.1, -0.05) is 130 Å². The smallest absolute Gasteiger partial charge is 0.186 e. The van der Waals surface area contributed by atoms with Crippen molar-refractivity contribution in [3.63, 3.8) is 0 Å². The third-order valence-corrected chi connectivity index (χ3v) is 7.01. The second kappa shape index (κ2) is 17.2. The second-order valence-corrected chi connectivity index (χ2v) is 10.2. The molecular formula is C34H44O5. The molecule has 0 unspecified atom stereocenters. The summed E-state index contributed by atoms with van der Waals surface area (Å²) >= 11 is 0. The SMILES string of the molecule is CCCCCCCCO[C@@H]1O[C@H](COCc2ccccc2)[C@@H](OCc2ccccc2)[C@@H]1OCc1ccccc1. The lowest BCUT2D eigenvalue weighted by atomic mass is 10.1. The topological polar surface area (TPSA) is 46.2 Å². The summed E-state index contributed by atoms with van der Waals surface area (Å²) in [6.07, 6.45) is 5.78. The Bertz CT molecular complexity index is 1010. The largest absolute Gasteiger partial charge is 0.374 e. The highest BCUT2D eigenvalue weighted by molar-refractivity contribution is 5.15. The molecule has 0 spiro atoms. The van der Waals surface area contributed by atoms with E-state index in [4.69, 9.17) is 23.7 Å². The monoisotopic (exact) mass is 532 g/mol. The van der Waals surface area contributed by atoms with Crippen molar-refractivity contribution >= 4 is 0 Å². The summed E-state index contributed by atoms with van der Waals surface area (Å²) < 4.78 is 31.8. The Morgan fingerprint density at radius 3 is 1.67 bits per heavy atom. The Morgan fingerprint density at radius 2 is 1.08 bits per heavy atom. The first-order valence-electron chi connectivity index (χ1n) is 14.5. The summed E-state index contributed by atoms with van der Waals surface area (Å²) in [7, 11) is 0. The van der Waals surface area contributed by atoms with Crippen molar-refractivity contribution in [2.45, 2.75) is 89.9 Å². The first kappa shape index (κ1) is 29.4. The van der Waals surface area contributed by atoms with Crippen LogP contribution in [0.1, 0.15) is 62.1 Å². The van der Waals surface area contributed by atoms with E-state index in [1.54, 1.807) is 0 Å². The number of hydrogen-bond donors (Lipinski definition) is 0. The molecule has 0 saturated carbocycles. The molecule has 39 heavy (non-hydrogen) atoms. The molecule has 0 N–H and O–H groups in total. The number of unbranched alkanes of at least 4 members (excludes halogenated alkanes) is 5. The molecule has 5 nitrogen and oxygen atoms in total. The summed E-state index contributed by atoms with van der Waals surface area (Å²) in [6.45, 7) is 4.74. The molecule has 0 aromatic heterocycles. The summed E-state index contributed by atoms with van der Waals surface area (Å²) in [6, 6.07) is 30.6. The van der Waals surface area contributed by atoms with Crippen LogP contribution in [0.4, 0.5) is 0 Å². The molecule has 0 bridgehead atoms. The van der Waals surface area contributed by atoms with Crippen LogP contribution in [0.15, 0.2) is 91.0 Å². The lowest BCUT2D eigenvalue weighted by Crippen LogP contribution is -2.39. The van der Waals surface area contributed by atoms with Crippen LogP contribution in [-0.4, -0.2) is 37.8 Å². The molecule has 3 aromatic rings. The number of hydrogen-bond acceptors (Lipinski definition) is 5. The van der Waals surface area contributed by atoms with Crippen LogP contribution in [0, 0.1) is 0 Å². The van der Waals surface area contributed by atoms with E-state index in [2.05, 4.69) is 43.3 Å². The summed E-state index contributed by atoms with van der Waals surface area (Å²) in [5.41, 5.74) is 3.35. The fourth-order valence-electron chi connectivity index (χ4n) is 4.82. The molecule has 4 rings (SSSR count). The fourth-order valence-corrected chi connectivity index (χ4v) is 4.82. The van der Waals surface area contributed by atoms with Gasteiger partial charge in [0.25, 0.3) is 0 Å². The Kier molecular flexibility index (Phi) is 13.0. The van der Waals surface area contributed by atoms with Gasteiger partial charge in [0.1, 0.15) is 18.3 Å². The highest BCUT2D eigenvalue weighted by Crippen LogP contribution is 2.30. The average Bonchev–Trinajstić information content (AvgIpc) is 3.32. The van der Waals surface area contributed by atoms with Gasteiger partial charge in [-0.25, -0.2) is 0 Å². The van der Waals surface area contributed by atoms with Gasteiger partial charge >= 0.3 is 0 Å². The van der Waals surface area contributed by atoms with Crippen molar-refractivity contribution in [1.29, 1.82) is 0 Å². The predicted octanol–water partition coefficient (Wildman–Crippen LogP) is 7.48. The predicted molar refractivity (Wildman–Crippen MR) is 154 cm³/mol. The van der Waals surface area contributed by atoms with E-state index in [9.17, 15) is 0 Å². The van der Waals surface area contributed by atoms with E-state index in [-0.39, 0.29) is 18.3 Å². The molecular weight excluding hydrogens is 488 g/mol. The molecule has 1 fully saturated rings. The minimum absolute atomic E-state index is 0.298. The Hall–Kier alpha value is -2.54. The van der Waals surface area contributed by atoms with Crippen molar-refractivity contribution in [3.05, 3.63) is 108 Å². The van der Waals surface area contributed by atoms with E-state index >= 15 is 0 Å². The van der Waals surface area contributed by atoms with Crippen LogP contribution >= 0.6 is 0 Å². The van der Waals surface area contributed by atoms with Crippen LogP contribution in [0.25, 0.3) is 0 Å². The van der Waals surface area contributed by atoms with E-state index in [1.807, 2.05) is 54.6 Å². The molecule has 3 aromatic carbocycles. The molecule has 0 radical (unpaired) electrons. The van der Waals surface area contributed by atoms with Crippen LogP contribution in [0.3, 0.4) is 0 Å². The number of rotatable bonds is 18. The highest BCUT2D eigenvalue weighted by atomic mass is 16.7. The van der Waals surface area contributed by atoms with Gasteiger partial charge in [0.2, 0.25) is 0 Å². The van der Waals surface area contributed by atoms with Crippen LogP contribution < -0.4 is 0 Å². The molecule has 4 atom stereocenters. The second-order valence-electron chi connectivity index (χ2n) is 10.2. The van der Waals surface area contributed by atoms with Gasteiger partial charge in [-0.05, 0) is 23.1 Å². The van der Waals surface area contributed by atoms with E-state index < -0.39 is 6.29 Å². The van der Waals surface area contributed by atoms with E-state index in [1.165, 1.54) is 32.1 Å². The fraction of sp³-hybridized carbons (Fsp3) is 0.471. The van der Waals surface area contributed by atoms with Gasteiger partial charge < -0.3 is 23.7 Å². The quantitative estimate of drug-likeness (QED) is 0.159. The molecule has 0 aliphatic carbocycles. The van der Waals surface area contributed by atoms with Crippen LogP contribution in [-0.2, 0) is 43.5 Å². The minimum Gasteiger partial charge on any atom is -0.374 e. The van der Waals surface area contributed by atoms with Gasteiger partial charge in [0.05, 0.1) is 26.4 Å². The number of ether oxygens (including phenoxy) is 5. The van der Waals surface area contributed by atoms with E-state index in [0.29, 0.717) is 33.0 Å². The maximum Gasteiger partial charge on any atom is 0.186 e. The van der Waals surface area contributed by atoms with Gasteiger partial charge in [0.15, 0.2) is 6.29 Å². The third-order valence-electron chi connectivity index (χ3n) is 7.01. The molecule has 210 valence electrons. The summed E-state index contributed by atoms with van der Waals surface area (Å²) in [5.74, 6) is 0. The first-order chi connectivity index (χ1) is 19.3. The molecule has 1 saturated heterocycles. The van der Waals surface area contributed by atoms with Crippen molar-refractivity contribution < 1.29 is 23.7 Å². The zero-order chi connectivity index (χ0) is 27.0. The van der Waals surface area contributed by atoms with Crippen LogP contribution in [0.5, 0.6) is 0 Å². The molecule has 1 aliphatic heterocycles. The Balaban J connectivity index is 1.41. The average molecular weight is 533 g/mol. The zero-order valence-corrected chi connectivity index (χ0v) is 23.3. The maximum absolute atomic E-state index is 6.50. The van der Waals surface area contributed by atoms with Crippen molar-refractivity contribution in [2.24, 2.45) is 0 Å². The molecule has 5 heteroatoms. The third kappa shape index (κ3) is 10.2. The standard InChI is InChI=1S/C34H44O5/c1-2-3-4-5-6-16-23-36-34-33(38-26-30-21-14-9-15-22-30)32(37-25-29-19-12-8-13-20-29)31(39-34)27-35-24-28-17-10-7-11-18-28/h7-15,17-22,31-34H,2-6,16,23-27H2,1H3/t31-,32-,33+,34-/m1/s1. The van der Waals surface area contributed by atoms with Crippen LogP contribution in [0.2, 0.25) is 0 Å². The van der Waals surface area contributed by atoms with Gasteiger partial charge in [0, 0.05) is 6.61 Å². The lowest BCUT2D eigenvalue weighted by Gasteiger charge is -2.25. The maximum atomic E-state index is 6.50. The molecule has 1 aliphatic rings. The summed E-state index contributed by atoms with van der Waals surface area (Å²) in [5, 5.41) is 0. The highest BCUT2D eigenvalue weighted by Gasteiger charge is 2.47. The van der Waals surface area contributed by atoms with Gasteiger partial charge in [-0.15, -0.1) is 0 Å². The van der Waals surface area contributed by atoms with Crippen molar-refractivity contribution in [3.8, 4) is 0 Å². The van der Waals surface area contributed by atoms with Crippen molar-refractivity contribution in [1.82, 2.24) is 0 Å². The van der Waals surface area contributed by atoms with Gasteiger partial charge in [-0.3, -0.25) is 0 Å². The Morgan fingerprint density at radius 1 is 0.564 bits per heavy atom. The Labute approximate surface area is 234 Å². The van der Waals surface area contributed by atoms with E-state index in [0.717, 1.165) is 23.1 Å². The number of benzene rings is 3.